The zero-order valence-electron chi connectivity index (χ0n) is 13.1. The second-order valence-corrected chi connectivity index (χ2v) is 6.15. The summed E-state index contributed by atoms with van der Waals surface area (Å²) < 4.78 is 1.74. The van der Waals surface area contributed by atoms with Gasteiger partial charge in [0.05, 0.1) is 6.42 Å². The summed E-state index contributed by atoms with van der Waals surface area (Å²) in [6.45, 7) is 7.17. The van der Waals surface area contributed by atoms with E-state index in [0.717, 1.165) is 43.1 Å². The number of amides is 1. The van der Waals surface area contributed by atoms with E-state index in [4.69, 9.17) is 0 Å². The van der Waals surface area contributed by atoms with Crippen molar-refractivity contribution in [3.63, 3.8) is 0 Å². The SMILES string of the molecule is CSc1nc2nc(C)c(CC(=O)N3CCNCC3)c(C)n2n1. The third kappa shape index (κ3) is 2.80. The van der Waals surface area contributed by atoms with Gasteiger partial charge >= 0.3 is 0 Å². The molecule has 0 aliphatic carbocycles. The number of piperazine rings is 1. The molecule has 3 heterocycles. The van der Waals surface area contributed by atoms with E-state index in [1.54, 1.807) is 4.52 Å². The summed E-state index contributed by atoms with van der Waals surface area (Å²) in [5.74, 6) is 0.747. The molecule has 1 aliphatic rings. The third-order valence-electron chi connectivity index (χ3n) is 4.01. The van der Waals surface area contributed by atoms with Gasteiger partial charge in [-0.15, -0.1) is 5.10 Å². The normalized spacial score (nSPS) is 15.5. The highest BCUT2D eigenvalue weighted by atomic mass is 32.2. The lowest BCUT2D eigenvalue weighted by molar-refractivity contribution is -0.131. The Morgan fingerprint density at radius 3 is 2.68 bits per heavy atom. The van der Waals surface area contributed by atoms with Gasteiger partial charge in [-0.3, -0.25) is 4.79 Å². The van der Waals surface area contributed by atoms with Crippen LogP contribution in [0.4, 0.5) is 0 Å². The van der Waals surface area contributed by atoms with Crippen LogP contribution >= 0.6 is 11.8 Å². The molecule has 0 bridgehead atoms. The monoisotopic (exact) mass is 320 g/mol. The smallest absolute Gasteiger partial charge is 0.253 e. The summed E-state index contributed by atoms with van der Waals surface area (Å²) in [4.78, 5) is 23.3. The first-order chi connectivity index (χ1) is 10.6. The summed E-state index contributed by atoms with van der Waals surface area (Å²) in [6.07, 6.45) is 2.31. The molecular formula is C14H20N6OS. The molecule has 1 N–H and O–H groups in total. The molecule has 0 aromatic carbocycles. The van der Waals surface area contributed by atoms with Crippen molar-refractivity contribution in [2.75, 3.05) is 32.4 Å². The van der Waals surface area contributed by atoms with Crippen LogP contribution in [0.25, 0.3) is 5.78 Å². The lowest BCUT2D eigenvalue weighted by Gasteiger charge is -2.27. The summed E-state index contributed by atoms with van der Waals surface area (Å²) >= 11 is 1.49. The first kappa shape index (κ1) is 15.2. The van der Waals surface area contributed by atoms with Crippen molar-refractivity contribution >= 4 is 23.4 Å². The van der Waals surface area contributed by atoms with Crippen LogP contribution in [0, 0.1) is 13.8 Å². The van der Waals surface area contributed by atoms with Crippen molar-refractivity contribution in [2.45, 2.75) is 25.4 Å². The summed E-state index contributed by atoms with van der Waals surface area (Å²) in [6, 6.07) is 0. The number of aromatic nitrogens is 4. The van der Waals surface area contributed by atoms with Crippen LogP contribution in [-0.2, 0) is 11.2 Å². The maximum atomic E-state index is 12.5. The van der Waals surface area contributed by atoms with Crippen molar-refractivity contribution in [1.29, 1.82) is 0 Å². The molecule has 7 nitrogen and oxygen atoms in total. The van der Waals surface area contributed by atoms with Crippen molar-refractivity contribution < 1.29 is 4.79 Å². The van der Waals surface area contributed by atoms with E-state index in [0.29, 0.717) is 17.4 Å². The van der Waals surface area contributed by atoms with Gasteiger partial charge in [-0.2, -0.15) is 4.98 Å². The molecule has 1 amide bonds. The molecule has 1 aliphatic heterocycles. The van der Waals surface area contributed by atoms with Crippen molar-refractivity contribution in [1.82, 2.24) is 29.8 Å². The fourth-order valence-electron chi connectivity index (χ4n) is 2.71. The van der Waals surface area contributed by atoms with E-state index in [2.05, 4.69) is 20.4 Å². The fourth-order valence-corrected chi connectivity index (χ4v) is 3.05. The molecule has 3 rings (SSSR count). The number of nitrogens with zero attached hydrogens (tertiary/aromatic N) is 5. The average Bonchev–Trinajstić information content (AvgIpc) is 2.95. The van der Waals surface area contributed by atoms with Crippen LogP contribution in [0.3, 0.4) is 0 Å². The van der Waals surface area contributed by atoms with Gasteiger partial charge in [0.15, 0.2) is 0 Å². The molecule has 2 aromatic rings. The van der Waals surface area contributed by atoms with Gasteiger partial charge in [-0.1, -0.05) is 11.8 Å². The van der Waals surface area contributed by atoms with Gasteiger partial charge in [0.2, 0.25) is 11.1 Å². The number of carbonyl (C=O) groups excluding carboxylic acids is 1. The van der Waals surface area contributed by atoms with Gasteiger partial charge in [0, 0.05) is 43.1 Å². The maximum absolute atomic E-state index is 12.5. The molecule has 0 radical (unpaired) electrons. The second-order valence-electron chi connectivity index (χ2n) is 5.38. The number of fused-ring (bicyclic) bond motifs is 1. The zero-order chi connectivity index (χ0) is 15.7. The molecule has 0 spiro atoms. The second kappa shape index (κ2) is 6.21. The molecule has 22 heavy (non-hydrogen) atoms. The molecule has 2 aromatic heterocycles. The molecule has 0 saturated carbocycles. The molecule has 8 heteroatoms. The minimum absolute atomic E-state index is 0.152. The van der Waals surface area contributed by atoms with Gasteiger partial charge in [0.25, 0.3) is 5.78 Å². The van der Waals surface area contributed by atoms with E-state index in [-0.39, 0.29) is 5.91 Å². The Labute approximate surface area is 133 Å². The van der Waals surface area contributed by atoms with Crippen molar-refractivity contribution in [3.8, 4) is 0 Å². The minimum atomic E-state index is 0.152. The third-order valence-corrected chi connectivity index (χ3v) is 4.55. The predicted octanol–water partition coefficient (Wildman–Crippen LogP) is 0.437. The van der Waals surface area contributed by atoms with E-state index < -0.39 is 0 Å². The molecular weight excluding hydrogens is 300 g/mol. The Hall–Kier alpha value is -1.67. The van der Waals surface area contributed by atoms with Crippen LogP contribution in [-0.4, -0.2) is 62.8 Å². The lowest BCUT2D eigenvalue weighted by Crippen LogP contribution is -2.47. The number of aryl methyl sites for hydroxylation is 2. The highest BCUT2D eigenvalue weighted by molar-refractivity contribution is 7.98. The number of carbonyl (C=O) groups is 1. The van der Waals surface area contributed by atoms with Gasteiger partial charge in [-0.05, 0) is 20.1 Å². The Bertz CT molecular complexity index is 707. The first-order valence-corrected chi connectivity index (χ1v) is 8.58. The summed E-state index contributed by atoms with van der Waals surface area (Å²) in [7, 11) is 0. The Kier molecular flexibility index (Phi) is 4.30. The number of hydrogen-bond acceptors (Lipinski definition) is 6. The van der Waals surface area contributed by atoms with E-state index in [1.807, 2.05) is 25.0 Å². The fraction of sp³-hybridized carbons (Fsp3) is 0.571. The predicted molar refractivity (Wildman–Crippen MR) is 85.2 cm³/mol. The highest BCUT2D eigenvalue weighted by Gasteiger charge is 2.20. The number of hydrogen-bond donors (Lipinski definition) is 1. The van der Waals surface area contributed by atoms with Crippen LogP contribution in [0.1, 0.15) is 17.0 Å². The number of thioether (sulfide) groups is 1. The largest absolute Gasteiger partial charge is 0.340 e. The molecule has 1 saturated heterocycles. The molecule has 0 atom stereocenters. The van der Waals surface area contributed by atoms with E-state index in [1.165, 1.54) is 11.8 Å². The number of rotatable bonds is 3. The average molecular weight is 320 g/mol. The summed E-state index contributed by atoms with van der Waals surface area (Å²) in [5.41, 5.74) is 2.75. The van der Waals surface area contributed by atoms with Crippen molar-refractivity contribution in [2.24, 2.45) is 0 Å². The van der Waals surface area contributed by atoms with Gasteiger partial charge in [0.1, 0.15) is 0 Å². The zero-order valence-corrected chi connectivity index (χ0v) is 13.9. The van der Waals surface area contributed by atoms with Crippen LogP contribution in [0.2, 0.25) is 0 Å². The quantitative estimate of drug-likeness (QED) is 0.827. The van der Waals surface area contributed by atoms with Crippen LogP contribution < -0.4 is 5.32 Å². The van der Waals surface area contributed by atoms with Crippen LogP contribution in [0.5, 0.6) is 0 Å². The first-order valence-electron chi connectivity index (χ1n) is 7.35. The van der Waals surface area contributed by atoms with Gasteiger partial charge in [-0.25, -0.2) is 9.50 Å². The molecule has 118 valence electrons. The van der Waals surface area contributed by atoms with E-state index >= 15 is 0 Å². The van der Waals surface area contributed by atoms with E-state index in [9.17, 15) is 4.79 Å². The van der Waals surface area contributed by atoms with Gasteiger partial charge < -0.3 is 10.2 Å². The minimum Gasteiger partial charge on any atom is -0.340 e. The molecule has 1 fully saturated rings. The van der Waals surface area contributed by atoms with Crippen LogP contribution in [0.15, 0.2) is 5.16 Å². The topological polar surface area (TPSA) is 75.4 Å². The Morgan fingerprint density at radius 1 is 1.27 bits per heavy atom. The van der Waals surface area contributed by atoms with Crippen molar-refractivity contribution in [3.05, 3.63) is 17.0 Å². The lowest BCUT2D eigenvalue weighted by atomic mass is 10.1. The standard InChI is InChI=1S/C14H20N6OS/c1-9-11(8-12(21)19-6-4-15-5-7-19)10(2)20-13(16-9)17-14(18-20)22-3/h15H,4-8H2,1-3H3. The Morgan fingerprint density at radius 2 is 2.00 bits per heavy atom. The number of nitrogens with one attached hydrogen (secondary N) is 1. The summed E-state index contributed by atoms with van der Waals surface area (Å²) in [5, 5.41) is 8.38. The molecule has 0 unspecified atom stereocenters. The Balaban J connectivity index is 1.90. The maximum Gasteiger partial charge on any atom is 0.253 e. The highest BCUT2D eigenvalue weighted by Crippen LogP contribution is 2.17.